The molecule has 0 aliphatic carbocycles. The van der Waals surface area contributed by atoms with Crippen LogP contribution in [0.2, 0.25) is 5.02 Å². The summed E-state index contributed by atoms with van der Waals surface area (Å²) < 4.78 is 0. The second-order valence-electron chi connectivity index (χ2n) is 8.20. The van der Waals surface area contributed by atoms with Crippen molar-refractivity contribution in [2.24, 2.45) is 0 Å². The number of pyridine rings is 1. The van der Waals surface area contributed by atoms with Gasteiger partial charge in [-0.25, -0.2) is 4.98 Å². The van der Waals surface area contributed by atoms with Crippen molar-refractivity contribution in [1.29, 1.82) is 0 Å². The molecule has 0 saturated carbocycles. The number of halogens is 1. The highest BCUT2D eigenvalue weighted by Crippen LogP contribution is 2.39. The fraction of sp³-hybridized carbons (Fsp3) is 0.409. The number of carbonyl (C=O) groups is 2. The fourth-order valence-electron chi connectivity index (χ4n) is 4.25. The van der Waals surface area contributed by atoms with Crippen LogP contribution in [-0.2, 0) is 16.8 Å². The lowest BCUT2D eigenvalue weighted by Gasteiger charge is -2.25. The third-order valence-electron chi connectivity index (χ3n) is 6.11. The molecule has 1 fully saturated rings. The summed E-state index contributed by atoms with van der Waals surface area (Å²) >= 11 is 6.17. The van der Waals surface area contributed by atoms with E-state index in [4.69, 9.17) is 11.6 Å². The number of hydrogen-bond donors (Lipinski definition) is 1. The van der Waals surface area contributed by atoms with E-state index in [9.17, 15) is 9.59 Å². The summed E-state index contributed by atoms with van der Waals surface area (Å²) in [5, 5.41) is 4.18. The standard InChI is InChI=1S/C22H25ClN4O2/c1-14(28)26(3)19-7-8-27(13-19)21(29)16-9-15-11-22(2,25-20(15)24-12-16)17-5-4-6-18(23)10-17/h4-6,9-10,12,19H,7-8,11,13H2,1-3H3,(H,24,25)/t19-,22-/m0/s1. The lowest BCUT2D eigenvalue weighted by Crippen LogP contribution is -2.38. The molecule has 3 heterocycles. The average Bonchev–Trinajstić information content (AvgIpc) is 3.31. The SMILES string of the molecule is CC(=O)N(C)[C@H]1CCN(C(=O)c2cnc3c(c2)C[C@@](C)(c2cccc(Cl)c2)N3)C1. The van der Waals surface area contributed by atoms with Crippen LogP contribution in [0, 0.1) is 0 Å². The first-order chi connectivity index (χ1) is 13.8. The summed E-state index contributed by atoms with van der Waals surface area (Å²) in [6, 6.07) is 9.83. The smallest absolute Gasteiger partial charge is 0.255 e. The van der Waals surface area contributed by atoms with Crippen LogP contribution in [0.1, 0.15) is 41.8 Å². The number of benzene rings is 1. The van der Waals surface area contributed by atoms with Crippen LogP contribution < -0.4 is 5.32 Å². The molecule has 2 aliphatic rings. The van der Waals surface area contributed by atoms with Crippen molar-refractivity contribution < 1.29 is 9.59 Å². The Hall–Kier alpha value is -2.60. The number of rotatable bonds is 3. The summed E-state index contributed by atoms with van der Waals surface area (Å²) in [7, 11) is 1.79. The Morgan fingerprint density at radius 2 is 2.14 bits per heavy atom. The second-order valence-corrected chi connectivity index (χ2v) is 8.64. The first kappa shape index (κ1) is 19.7. The minimum Gasteiger partial charge on any atom is -0.360 e. The Bertz CT molecular complexity index is 979. The van der Waals surface area contributed by atoms with Crippen LogP contribution in [0.3, 0.4) is 0 Å². The molecule has 1 aromatic carbocycles. The van der Waals surface area contributed by atoms with Crippen molar-refractivity contribution in [3.05, 3.63) is 58.2 Å². The highest BCUT2D eigenvalue weighted by atomic mass is 35.5. The lowest BCUT2D eigenvalue weighted by atomic mass is 9.89. The van der Waals surface area contributed by atoms with Crippen LogP contribution >= 0.6 is 11.6 Å². The molecule has 0 spiro atoms. The van der Waals surface area contributed by atoms with E-state index in [1.807, 2.05) is 35.2 Å². The molecule has 2 aliphatic heterocycles. The minimum absolute atomic E-state index is 0.0230. The molecule has 0 unspecified atom stereocenters. The van der Waals surface area contributed by atoms with Crippen LogP contribution in [0.4, 0.5) is 5.82 Å². The van der Waals surface area contributed by atoms with Gasteiger partial charge in [-0.15, -0.1) is 0 Å². The molecular formula is C22H25ClN4O2. The molecule has 152 valence electrons. The van der Waals surface area contributed by atoms with E-state index in [1.54, 1.807) is 25.1 Å². The fourth-order valence-corrected chi connectivity index (χ4v) is 4.44. The molecule has 0 radical (unpaired) electrons. The number of fused-ring (bicyclic) bond motifs is 1. The summed E-state index contributed by atoms with van der Waals surface area (Å²) in [5.41, 5.74) is 2.39. The summed E-state index contributed by atoms with van der Waals surface area (Å²) in [6.07, 6.45) is 3.17. The van der Waals surface area contributed by atoms with Gasteiger partial charge >= 0.3 is 0 Å². The van der Waals surface area contributed by atoms with E-state index in [0.29, 0.717) is 23.7 Å². The highest BCUT2D eigenvalue weighted by molar-refractivity contribution is 6.30. The normalized spacial score (nSPS) is 22.9. The third-order valence-corrected chi connectivity index (χ3v) is 6.34. The molecule has 4 rings (SSSR count). The predicted molar refractivity (Wildman–Crippen MR) is 113 cm³/mol. The molecule has 7 heteroatoms. The van der Waals surface area contributed by atoms with Crippen LogP contribution in [0.15, 0.2) is 36.5 Å². The largest absolute Gasteiger partial charge is 0.360 e. The van der Waals surface area contributed by atoms with Gasteiger partial charge in [0.2, 0.25) is 5.91 Å². The van der Waals surface area contributed by atoms with E-state index < -0.39 is 0 Å². The zero-order valence-electron chi connectivity index (χ0n) is 16.9. The molecule has 1 N–H and O–H groups in total. The average molecular weight is 413 g/mol. The monoisotopic (exact) mass is 412 g/mol. The Morgan fingerprint density at radius 3 is 2.86 bits per heavy atom. The van der Waals surface area contributed by atoms with Gasteiger partial charge in [-0.2, -0.15) is 0 Å². The molecular weight excluding hydrogens is 388 g/mol. The zero-order chi connectivity index (χ0) is 20.8. The number of likely N-dealkylation sites (N-methyl/N-ethyl adjacent to an activating group) is 1. The maximum Gasteiger partial charge on any atom is 0.255 e. The van der Waals surface area contributed by atoms with Crippen molar-refractivity contribution >= 4 is 29.2 Å². The van der Waals surface area contributed by atoms with Gasteiger partial charge < -0.3 is 15.1 Å². The summed E-state index contributed by atoms with van der Waals surface area (Å²) in [6.45, 7) is 4.88. The van der Waals surface area contributed by atoms with Crippen molar-refractivity contribution in [2.45, 2.75) is 38.3 Å². The van der Waals surface area contributed by atoms with Gasteiger partial charge in [-0.1, -0.05) is 23.7 Å². The topological polar surface area (TPSA) is 65.5 Å². The third kappa shape index (κ3) is 3.69. The molecule has 2 aromatic rings. The number of amides is 2. The predicted octanol–water partition coefficient (Wildman–Crippen LogP) is 3.31. The van der Waals surface area contributed by atoms with E-state index in [0.717, 1.165) is 29.8 Å². The Morgan fingerprint density at radius 1 is 1.34 bits per heavy atom. The number of carbonyl (C=O) groups excluding carboxylic acids is 2. The molecule has 6 nitrogen and oxygen atoms in total. The minimum atomic E-state index is -0.315. The van der Waals surface area contributed by atoms with E-state index in [1.165, 1.54) is 0 Å². The van der Waals surface area contributed by atoms with E-state index in [-0.39, 0.29) is 23.4 Å². The van der Waals surface area contributed by atoms with Gasteiger partial charge in [0.15, 0.2) is 0 Å². The number of nitrogens with zero attached hydrogens (tertiary/aromatic N) is 3. The van der Waals surface area contributed by atoms with Gasteiger partial charge in [-0.05, 0) is 42.7 Å². The second kappa shape index (κ2) is 7.34. The Kier molecular flexibility index (Phi) is 4.99. The molecule has 2 atom stereocenters. The molecule has 1 saturated heterocycles. The molecule has 1 aromatic heterocycles. The molecule has 29 heavy (non-hydrogen) atoms. The first-order valence-corrected chi connectivity index (χ1v) is 10.2. The number of likely N-dealkylation sites (tertiary alicyclic amines) is 1. The van der Waals surface area contributed by atoms with Crippen molar-refractivity contribution in [1.82, 2.24) is 14.8 Å². The maximum atomic E-state index is 13.0. The summed E-state index contributed by atoms with van der Waals surface area (Å²) in [5.74, 6) is 0.797. The Balaban J connectivity index is 1.51. The van der Waals surface area contributed by atoms with Crippen LogP contribution in [0.5, 0.6) is 0 Å². The van der Waals surface area contributed by atoms with Gasteiger partial charge in [0.1, 0.15) is 5.82 Å². The quantitative estimate of drug-likeness (QED) is 0.839. The number of nitrogens with one attached hydrogen (secondary N) is 1. The number of aromatic nitrogens is 1. The van der Waals surface area contributed by atoms with Crippen molar-refractivity contribution in [3.8, 4) is 0 Å². The molecule has 0 bridgehead atoms. The van der Waals surface area contributed by atoms with Gasteiger partial charge in [0.25, 0.3) is 5.91 Å². The van der Waals surface area contributed by atoms with Crippen molar-refractivity contribution in [3.63, 3.8) is 0 Å². The van der Waals surface area contributed by atoms with Gasteiger partial charge in [-0.3, -0.25) is 9.59 Å². The van der Waals surface area contributed by atoms with Crippen molar-refractivity contribution in [2.75, 3.05) is 25.5 Å². The number of hydrogen-bond acceptors (Lipinski definition) is 4. The first-order valence-electron chi connectivity index (χ1n) is 9.83. The molecule has 2 amide bonds. The van der Waals surface area contributed by atoms with E-state index in [2.05, 4.69) is 17.2 Å². The van der Waals surface area contributed by atoms with E-state index >= 15 is 0 Å². The lowest BCUT2D eigenvalue weighted by molar-refractivity contribution is -0.129. The number of anilines is 1. The Labute approximate surface area is 175 Å². The van der Waals surface area contributed by atoms with Crippen LogP contribution in [0.25, 0.3) is 0 Å². The van der Waals surface area contributed by atoms with Gasteiger partial charge in [0.05, 0.1) is 17.1 Å². The maximum absolute atomic E-state index is 13.0. The highest BCUT2D eigenvalue weighted by Gasteiger charge is 2.36. The summed E-state index contributed by atoms with van der Waals surface area (Å²) in [4.78, 5) is 32.7. The van der Waals surface area contributed by atoms with Gasteiger partial charge in [0, 0.05) is 44.7 Å². The zero-order valence-corrected chi connectivity index (χ0v) is 17.7. The van der Waals surface area contributed by atoms with Crippen LogP contribution in [-0.4, -0.2) is 52.8 Å².